The fourth-order valence-corrected chi connectivity index (χ4v) is 3.11. The average Bonchev–Trinajstić information content (AvgIpc) is 2.83. The zero-order valence-electron chi connectivity index (χ0n) is 16.1. The van der Waals surface area contributed by atoms with Crippen molar-refractivity contribution in [3.05, 3.63) is 65.7 Å². The van der Waals surface area contributed by atoms with Gasteiger partial charge in [0.1, 0.15) is 5.60 Å². The summed E-state index contributed by atoms with van der Waals surface area (Å²) in [5, 5.41) is 0. The van der Waals surface area contributed by atoms with E-state index in [1.165, 1.54) is 0 Å². The first-order chi connectivity index (χ1) is 12.7. The summed E-state index contributed by atoms with van der Waals surface area (Å²) >= 11 is 0. The number of nitrogens with zero attached hydrogens (tertiary/aromatic N) is 1. The Morgan fingerprint density at radius 1 is 1.07 bits per heavy atom. The van der Waals surface area contributed by atoms with Gasteiger partial charge in [-0.05, 0) is 51.5 Å². The Balaban J connectivity index is 1.94. The lowest BCUT2D eigenvalue weighted by atomic mass is 9.81. The predicted octanol–water partition coefficient (Wildman–Crippen LogP) is 4.67. The monoisotopic (exact) mass is 361 g/mol. The Labute approximate surface area is 160 Å². The van der Waals surface area contributed by atoms with Gasteiger partial charge in [-0.2, -0.15) is 0 Å². The lowest BCUT2D eigenvalue weighted by Gasteiger charge is -2.25. The molecule has 0 bridgehead atoms. The van der Waals surface area contributed by atoms with E-state index in [1.807, 2.05) is 55.5 Å². The van der Waals surface area contributed by atoms with Gasteiger partial charge in [0.15, 0.2) is 0 Å². The van der Waals surface area contributed by atoms with Gasteiger partial charge in [-0.1, -0.05) is 48.2 Å². The molecule has 0 aliphatic carbocycles. The topological polar surface area (TPSA) is 46.6 Å². The molecule has 0 radical (unpaired) electrons. The molecule has 4 heteroatoms. The molecule has 2 aromatic carbocycles. The van der Waals surface area contributed by atoms with E-state index in [-0.39, 0.29) is 5.91 Å². The molecule has 1 aliphatic heterocycles. The molecule has 3 rings (SSSR count). The van der Waals surface area contributed by atoms with Crippen LogP contribution in [0.5, 0.6) is 0 Å². The minimum absolute atomic E-state index is 0.305. The zero-order chi connectivity index (χ0) is 19.7. The summed E-state index contributed by atoms with van der Waals surface area (Å²) < 4.78 is 5.45. The van der Waals surface area contributed by atoms with Gasteiger partial charge in [0.05, 0.1) is 11.1 Å². The number of carbonyl (C=O) groups is 2. The normalized spacial score (nSPS) is 18.5. The van der Waals surface area contributed by atoms with Crippen LogP contribution in [0.2, 0.25) is 0 Å². The van der Waals surface area contributed by atoms with Gasteiger partial charge < -0.3 is 4.74 Å². The van der Waals surface area contributed by atoms with Crippen molar-refractivity contribution in [2.24, 2.45) is 0 Å². The lowest BCUT2D eigenvalue weighted by molar-refractivity contribution is -0.122. The van der Waals surface area contributed by atoms with E-state index in [0.29, 0.717) is 12.1 Å². The summed E-state index contributed by atoms with van der Waals surface area (Å²) in [5.41, 5.74) is 0.682. The minimum Gasteiger partial charge on any atom is -0.443 e. The van der Waals surface area contributed by atoms with E-state index in [2.05, 4.69) is 11.8 Å². The Hall–Kier alpha value is -3.06. The molecule has 0 spiro atoms. The van der Waals surface area contributed by atoms with Crippen LogP contribution in [-0.2, 0) is 14.9 Å². The number of anilines is 1. The molecular weight excluding hydrogens is 338 g/mol. The van der Waals surface area contributed by atoms with Crippen molar-refractivity contribution in [1.82, 2.24) is 0 Å². The van der Waals surface area contributed by atoms with E-state index in [4.69, 9.17) is 4.74 Å². The molecule has 138 valence electrons. The maximum absolute atomic E-state index is 13.2. The van der Waals surface area contributed by atoms with Crippen LogP contribution >= 0.6 is 0 Å². The van der Waals surface area contributed by atoms with Gasteiger partial charge in [0.25, 0.3) is 0 Å². The van der Waals surface area contributed by atoms with Gasteiger partial charge in [-0.25, -0.2) is 9.69 Å². The number of hydrogen-bond donors (Lipinski definition) is 0. The number of imide groups is 1. The van der Waals surface area contributed by atoms with E-state index < -0.39 is 17.1 Å². The van der Waals surface area contributed by atoms with Crippen LogP contribution in [0.25, 0.3) is 0 Å². The summed E-state index contributed by atoms with van der Waals surface area (Å²) in [5.74, 6) is 5.90. The maximum Gasteiger partial charge on any atom is 0.421 e. The second-order valence-electron chi connectivity index (χ2n) is 7.81. The highest BCUT2D eigenvalue weighted by molar-refractivity contribution is 6.21. The van der Waals surface area contributed by atoms with Crippen LogP contribution in [0.3, 0.4) is 0 Å². The van der Waals surface area contributed by atoms with Crippen molar-refractivity contribution in [3.8, 4) is 11.8 Å². The molecule has 1 aliphatic rings. The standard InChI is InChI=1S/C23H23NO3/c1-22(2,3)27-21(26)24-19-15-9-8-14-18(19)23(4,20(24)25)16-10-13-17-11-6-5-7-12-17/h5-9,11-12,14-15H,16H2,1-4H3/t23-/m0/s1. The third kappa shape index (κ3) is 3.73. The van der Waals surface area contributed by atoms with Crippen molar-refractivity contribution in [1.29, 1.82) is 0 Å². The molecule has 4 nitrogen and oxygen atoms in total. The number of amides is 2. The first-order valence-corrected chi connectivity index (χ1v) is 8.93. The molecule has 0 saturated heterocycles. The maximum atomic E-state index is 13.2. The molecule has 2 amide bonds. The average molecular weight is 361 g/mol. The van der Waals surface area contributed by atoms with Gasteiger partial charge in [0.2, 0.25) is 5.91 Å². The smallest absolute Gasteiger partial charge is 0.421 e. The molecule has 2 aromatic rings. The largest absolute Gasteiger partial charge is 0.443 e. The highest BCUT2D eigenvalue weighted by Crippen LogP contribution is 2.44. The molecule has 0 aromatic heterocycles. The lowest BCUT2D eigenvalue weighted by Crippen LogP contribution is -2.44. The Bertz CT molecular complexity index is 931. The first kappa shape index (κ1) is 18.7. The quantitative estimate of drug-likeness (QED) is 0.694. The molecule has 0 unspecified atom stereocenters. The fraction of sp³-hybridized carbons (Fsp3) is 0.304. The number of hydrogen-bond acceptors (Lipinski definition) is 3. The van der Waals surface area contributed by atoms with Gasteiger partial charge in [-0.3, -0.25) is 4.79 Å². The number of carbonyl (C=O) groups excluding carboxylic acids is 2. The van der Waals surface area contributed by atoms with Crippen molar-refractivity contribution < 1.29 is 14.3 Å². The number of rotatable bonds is 1. The number of ether oxygens (including phenoxy) is 1. The Morgan fingerprint density at radius 2 is 1.70 bits per heavy atom. The molecule has 1 atom stereocenters. The SMILES string of the molecule is CC(C)(C)OC(=O)N1C(=O)[C@@](C)(CC#Cc2ccccc2)c2ccccc21. The van der Waals surface area contributed by atoms with Crippen LogP contribution in [0.1, 0.15) is 45.2 Å². The molecule has 27 heavy (non-hydrogen) atoms. The molecule has 0 N–H and O–H groups in total. The first-order valence-electron chi connectivity index (χ1n) is 8.93. The van der Waals surface area contributed by atoms with E-state index in [1.54, 1.807) is 26.8 Å². The summed E-state index contributed by atoms with van der Waals surface area (Å²) in [4.78, 5) is 27.0. The van der Waals surface area contributed by atoms with Crippen LogP contribution in [0.15, 0.2) is 54.6 Å². The fourth-order valence-electron chi connectivity index (χ4n) is 3.11. The van der Waals surface area contributed by atoms with Crippen molar-refractivity contribution in [2.75, 3.05) is 4.90 Å². The third-order valence-corrected chi connectivity index (χ3v) is 4.44. The number of benzene rings is 2. The number of fused-ring (bicyclic) bond motifs is 1. The van der Waals surface area contributed by atoms with Crippen LogP contribution in [0.4, 0.5) is 10.5 Å². The highest BCUT2D eigenvalue weighted by atomic mass is 16.6. The molecular formula is C23H23NO3. The second-order valence-corrected chi connectivity index (χ2v) is 7.81. The summed E-state index contributed by atoms with van der Waals surface area (Å²) in [6.07, 6.45) is -0.337. The number of para-hydroxylation sites is 1. The van der Waals surface area contributed by atoms with Gasteiger partial charge in [0, 0.05) is 12.0 Å². The van der Waals surface area contributed by atoms with Crippen molar-refractivity contribution in [3.63, 3.8) is 0 Å². The Kier molecular flexibility index (Phi) is 4.80. The second kappa shape index (κ2) is 6.92. The van der Waals surface area contributed by atoms with Crippen LogP contribution < -0.4 is 4.90 Å². The predicted molar refractivity (Wildman–Crippen MR) is 105 cm³/mol. The van der Waals surface area contributed by atoms with Crippen molar-refractivity contribution in [2.45, 2.75) is 45.1 Å². The van der Waals surface area contributed by atoms with E-state index in [0.717, 1.165) is 16.0 Å². The summed E-state index contributed by atoms with van der Waals surface area (Å²) in [6.45, 7) is 7.17. The highest BCUT2D eigenvalue weighted by Gasteiger charge is 2.50. The minimum atomic E-state index is -0.894. The summed E-state index contributed by atoms with van der Waals surface area (Å²) in [7, 11) is 0. The van der Waals surface area contributed by atoms with Crippen LogP contribution in [0, 0.1) is 11.8 Å². The van der Waals surface area contributed by atoms with Crippen LogP contribution in [-0.4, -0.2) is 17.6 Å². The van der Waals surface area contributed by atoms with E-state index >= 15 is 0 Å². The molecule has 0 fully saturated rings. The summed E-state index contributed by atoms with van der Waals surface area (Å²) in [6, 6.07) is 17.0. The van der Waals surface area contributed by atoms with Crippen molar-refractivity contribution >= 4 is 17.7 Å². The van der Waals surface area contributed by atoms with E-state index in [9.17, 15) is 9.59 Å². The zero-order valence-corrected chi connectivity index (χ0v) is 16.1. The third-order valence-electron chi connectivity index (χ3n) is 4.44. The van der Waals surface area contributed by atoms with Gasteiger partial charge >= 0.3 is 6.09 Å². The Morgan fingerprint density at radius 3 is 2.37 bits per heavy atom. The molecule has 0 saturated carbocycles. The van der Waals surface area contributed by atoms with Gasteiger partial charge in [-0.15, -0.1) is 0 Å². The molecule has 1 heterocycles.